The lowest BCUT2D eigenvalue weighted by molar-refractivity contribution is 0.669. The molecule has 0 radical (unpaired) electrons. The molecule has 10 aromatic carbocycles. The minimum Gasteiger partial charge on any atom is -0.455 e. The van der Waals surface area contributed by atoms with Gasteiger partial charge in [0, 0.05) is 65.7 Å². The molecule has 0 amide bonds. The Labute approximate surface area is 366 Å². The van der Waals surface area contributed by atoms with Crippen LogP contribution < -0.4 is 4.90 Å². The Balaban J connectivity index is 1.13. The Hall–Kier alpha value is -7.66. The molecule has 0 N–H and O–H groups in total. The number of fused-ring (bicyclic) bond motifs is 7. The molecule has 0 aliphatic rings. The Morgan fingerprint density at radius 2 is 0.919 bits per heavy atom. The smallest absolute Gasteiger partial charge is 0.144 e. The van der Waals surface area contributed by atoms with E-state index in [0.717, 1.165) is 98.8 Å². The molecule has 12 rings (SSSR count). The predicted octanol–water partition coefficient (Wildman–Crippen LogP) is 17.5. The Kier molecular flexibility index (Phi) is 8.65. The molecule has 2 heterocycles. The second-order valence-electron chi connectivity index (χ2n) is 15.7. The topological polar surface area (TPSA) is 29.5 Å². The van der Waals surface area contributed by atoms with E-state index in [1.165, 1.54) is 21.9 Å². The first-order chi connectivity index (χ1) is 30.7. The minimum absolute atomic E-state index is 0.789. The third kappa shape index (κ3) is 6.02. The third-order valence-electron chi connectivity index (χ3n) is 12.1. The summed E-state index contributed by atoms with van der Waals surface area (Å²) in [6.07, 6.45) is 0. The van der Waals surface area contributed by atoms with Crippen molar-refractivity contribution in [3.63, 3.8) is 0 Å². The lowest BCUT2D eigenvalue weighted by atomic mass is 9.94. The molecule has 12 aromatic rings. The standard InChI is InChI=1S/C58H36BrNO2/c59-52-33-32-49-48-24-12-22-47(41-28-26-39(27-29-41)37-14-4-1-5-15-37)56(48)62-58(49)55(52)51-35-45(36-53-54(51)50-25-13-23-46(57(50)61-53)40-17-6-2-7-18-40)60(43-20-8-3-9-21-43)44-31-30-38-16-10-11-19-42(38)34-44/h1-36H. The van der Waals surface area contributed by atoms with Gasteiger partial charge in [-0.3, -0.25) is 0 Å². The lowest BCUT2D eigenvalue weighted by Crippen LogP contribution is -2.10. The van der Waals surface area contributed by atoms with E-state index in [0.29, 0.717) is 0 Å². The molecule has 2 aromatic heterocycles. The highest BCUT2D eigenvalue weighted by Crippen LogP contribution is 2.50. The van der Waals surface area contributed by atoms with Crippen molar-refractivity contribution in [2.24, 2.45) is 0 Å². The molecular formula is C58H36BrNO2. The van der Waals surface area contributed by atoms with Crippen LogP contribution in [0.1, 0.15) is 0 Å². The number of para-hydroxylation sites is 3. The van der Waals surface area contributed by atoms with E-state index >= 15 is 0 Å². The molecule has 4 heteroatoms. The number of hydrogen-bond donors (Lipinski definition) is 0. The van der Waals surface area contributed by atoms with Gasteiger partial charge in [-0.2, -0.15) is 0 Å². The number of rotatable bonds is 7. The van der Waals surface area contributed by atoms with Crippen LogP contribution in [-0.4, -0.2) is 0 Å². The van der Waals surface area contributed by atoms with Crippen molar-refractivity contribution < 1.29 is 8.83 Å². The third-order valence-corrected chi connectivity index (χ3v) is 12.8. The van der Waals surface area contributed by atoms with Crippen LogP contribution in [0.3, 0.4) is 0 Å². The van der Waals surface area contributed by atoms with Crippen LogP contribution in [0.15, 0.2) is 232 Å². The summed E-state index contributed by atoms with van der Waals surface area (Å²) in [6.45, 7) is 0. The highest BCUT2D eigenvalue weighted by Gasteiger charge is 2.25. The molecule has 62 heavy (non-hydrogen) atoms. The molecule has 0 spiro atoms. The van der Waals surface area contributed by atoms with Crippen LogP contribution in [0.4, 0.5) is 17.1 Å². The van der Waals surface area contributed by atoms with Gasteiger partial charge < -0.3 is 13.7 Å². The van der Waals surface area contributed by atoms with Gasteiger partial charge in [-0.25, -0.2) is 0 Å². The van der Waals surface area contributed by atoms with E-state index in [1.807, 2.05) is 6.07 Å². The zero-order valence-corrected chi connectivity index (χ0v) is 35.0. The van der Waals surface area contributed by atoms with Crippen LogP contribution >= 0.6 is 15.9 Å². The van der Waals surface area contributed by atoms with Gasteiger partial charge >= 0.3 is 0 Å². The Bertz CT molecular complexity index is 3630. The van der Waals surface area contributed by atoms with Gasteiger partial charge in [-0.1, -0.05) is 186 Å². The van der Waals surface area contributed by atoms with Crippen LogP contribution in [0, 0.1) is 0 Å². The molecule has 0 fully saturated rings. The van der Waals surface area contributed by atoms with Crippen molar-refractivity contribution in [2.45, 2.75) is 0 Å². The summed E-state index contributed by atoms with van der Waals surface area (Å²) in [5.41, 5.74) is 15.0. The predicted molar refractivity (Wildman–Crippen MR) is 263 cm³/mol. The van der Waals surface area contributed by atoms with E-state index in [9.17, 15) is 0 Å². The highest BCUT2D eigenvalue weighted by molar-refractivity contribution is 9.10. The van der Waals surface area contributed by atoms with E-state index < -0.39 is 0 Å². The van der Waals surface area contributed by atoms with E-state index in [2.05, 4.69) is 233 Å². The van der Waals surface area contributed by atoms with Gasteiger partial charge in [-0.15, -0.1) is 0 Å². The fourth-order valence-electron chi connectivity index (χ4n) is 9.21. The summed E-state index contributed by atoms with van der Waals surface area (Å²) in [6, 6.07) is 77.3. The second kappa shape index (κ2) is 14.8. The summed E-state index contributed by atoms with van der Waals surface area (Å²) in [5.74, 6) is 0. The summed E-state index contributed by atoms with van der Waals surface area (Å²) < 4.78 is 15.2. The maximum atomic E-state index is 7.19. The van der Waals surface area contributed by atoms with Crippen molar-refractivity contribution in [1.82, 2.24) is 0 Å². The maximum Gasteiger partial charge on any atom is 0.144 e. The van der Waals surface area contributed by atoms with Gasteiger partial charge in [0.2, 0.25) is 0 Å². The van der Waals surface area contributed by atoms with Crippen molar-refractivity contribution in [3.05, 3.63) is 223 Å². The van der Waals surface area contributed by atoms with Gasteiger partial charge in [0.05, 0.1) is 5.69 Å². The molecule has 292 valence electrons. The van der Waals surface area contributed by atoms with Crippen LogP contribution in [-0.2, 0) is 0 Å². The fraction of sp³-hybridized carbons (Fsp3) is 0. The van der Waals surface area contributed by atoms with E-state index in [1.54, 1.807) is 0 Å². The number of benzene rings is 10. The van der Waals surface area contributed by atoms with Crippen molar-refractivity contribution in [2.75, 3.05) is 4.90 Å². The Morgan fingerprint density at radius 1 is 0.339 bits per heavy atom. The molecule has 0 aliphatic carbocycles. The zero-order chi connectivity index (χ0) is 41.1. The van der Waals surface area contributed by atoms with Crippen LogP contribution in [0.5, 0.6) is 0 Å². The second-order valence-corrected chi connectivity index (χ2v) is 16.6. The largest absolute Gasteiger partial charge is 0.455 e. The molecule has 0 saturated carbocycles. The molecule has 0 unspecified atom stereocenters. The zero-order valence-electron chi connectivity index (χ0n) is 33.4. The molecule has 0 saturated heterocycles. The number of halogens is 1. The van der Waals surface area contributed by atoms with Crippen molar-refractivity contribution in [1.29, 1.82) is 0 Å². The minimum atomic E-state index is 0.789. The molecular weight excluding hydrogens is 823 g/mol. The van der Waals surface area contributed by atoms with E-state index in [4.69, 9.17) is 8.83 Å². The Morgan fingerprint density at radius 3 is 1.66 bits per heavy atom. The first-order valence-corrected chi connectivity index (χ1v) is 21.6. The average molecular weight is 859 g/mol. The summed E-state index contributed by atoms with van der Waals surface area (Å²) in [5, 5.41) is 6.54. The first kappa shape index (κ1) is 36.2. The average Bonchev–Trinajstić information content (AvgIpc) is 3.91. The molecule has 3 nitrogen and oxygen atoms in total. The number of anilines is 3. The van der Waals surface area contributed by atoms with Crippen molar-refractivity contribution in [3.8, 4) is 44.5 Å². The van der Waals surface area contributed by atoms with Crippen LogP contribution in [0.2, 0.25) is 0 Å². The highest BCUT2D eigenvalue weighted by atomic mass is 79.9. The quantitative estimate of drug-likeness (QED) is 0.160. The summed E-state index contributed by atoms with van der Waals surface area (Å²) >= 11 is 4.07. The monoisotopic (exact) mass is 857 g/mol. The summed E-state index contributed by atoms with van der Waals surface area (Å²) in [4.78, 5) is 2.32. The van der Waals surface area contributed by atoms with Crippen molar-refractivity contribution >= 4 is 87.6 Å². The van der Waals surface area contributed by atoms with Crippen LogP contribution in [0.25, 0.3) is 99.2 Å². The van der Waals surface area contributed by atoms with Gasteiger partial charge in [0.25, 0.3) is 0 Å². The summed E-state index contributed by atoms with van der Waals surface area (Å²) in [7, 11) is 0. The molecule has 0 aliphatic heterocycles. The normalized spacial score (nSPS) is 11.6. The van der Waals surface area contributed by atoms with Gasteiger partial charge in [0.15, 0.2) is 0 Å². The molecule has 0 bridgehead atoms. The fourth-order valence-corrected chi connectivity index (χ4v) is 9.74. The van der Waals surface area contributed by atoms with Gasteiger partial charge in [0.1, 0.15) is 22.3 Å². The number of furan rings is 2. The SMILES string of the molecule is Brc1ccc2c(oc3c(-c4ccc(-c5ccccc5)cc4)cccc32)c1-c1cc(N(c2ccccc2)c2ccc3ccccc3c2)cc2oc3c(-c4ccccc4)cccc3c12. The number of hydrogen-bond acceptors (Lipinski definition) is 3. The lowest BCUT2D eigenvalue weighted by Gasteiger charge is -2.26. The number of nitrogens with zero attached hydrogens (tertiary/aromatic N) is 1. The van der Waals surface area contributed by atoms with Gasteiger partial charge in [-0.05, 0) is 75.5 Å². The maximum absolute atomic E-state index is 7.19. The van der Waals surface area contributed by atoms with E-state index in [-0.39, 0.29) is 0 Å². The molecule has 0 atom stereocenters. The first-order valence-electron chi connectivity index (χ1n) is 20.8.